The van der Waals surface area contributed by atoms with Crippen LogP contribution in [-0.4, -0.2) is 44.3 Å². The molecule has 0 aliphatic carbocycles. The summed E-state index contributed by atoms with van der Waals surface area (Å²) in [6.07, 6.45) is 0.663. The van der Waals surface area contributed by atoms with Crippen LogP contribution in [0.2, 0.25) is 0 Å². The fraction of sp³-hybridized carbons (Fsp3) is 0.259. The van der Waals surface area contributed by atoms with Crippen LogP contribution in [0.1, 0.15) is 25.8 Å². The average Bonchev–Trinajstić information content (AvgIpc) is 2.90. The van der Waals surface area contributed by atoms with Crippen LogP contribution in [0.15, 0.2) is 83.8 Å². The highest BCUT2D eigenvalue weighted by atomic mass is 32.2. The van der Waals surface area contributed by atoms with Gasteiger partial charge in [-0.25, -0.2) is 17.2 Å². The zero-order chi connectivity index (χ0) is 27.0. The third-order valence-corrected chi connectivity index (χ3v) is 7.52. The predicted octanol–water partition coefficient (Wildman–Crippen LogP) is 4.10. The Balaban J connectivity index is 2.03. The number of benzene rings is 3. The smallest absolute Gasteiger partial charge is 0.264 e. The number of carbonyl (C=O) groups is 2. The molecule has 0 heterocycles. The number of hydrogen-bond donors (Lipinski definition) is 1. The van der Waals surface area contributed by atoms with Gasteiger partial charge in [-0.1, -0.05) is 55.5 Å². The van der Waals surface area contributed by atoms with Gasteiger partial charge in [-0.15, -0.1) is 0 Å². The molecule has 2 amide bonds. The SMILES string of the molecule is CCCNC(=O)[C@@H](C)N(Cc1ccccc1F)C(=O)CN(c1ccccc1F)S(=O)(=O)c1ccccc1. The van der Waals surface area contributed by atoms with Gasteiger partial charge in [0.05, 0.1) is 10.6 Å². The number of nitrogens with zero attached hydrogens (tertiary/aromatic N) is 2. The van der Waals surface area contributed by atoms with E-state index in [4.69, 9.17) is 0 Å². The van der Waals surface area contributed by atoms with E-state index in [1.807, 2.05) is 6.92 Å². The van der Waals surface area contributed by atoms with E-state index in [0.29, 0.717) is 17.3 Å². The topological polar surface area (TPSA) is 86.8 Å². The van der Waals surface area contributed by atoms with Gasteiger partial charge in [-0.05, 0) is 43.7 Å². The summed E-state index contributed by atoms with van der Waals surface area (Å²) in [5.41, 5.74) is -0.178. The molecule has 0 aliphatic heterocycles. The van der Waals surface area contributed by atoms with Crippen LogP contribution in [0.25, 0.3) is 0 Å². The van der Waals surface area contributed by atoms with Gasteiger partial charge >= 0.3 is 0 Å². The van der Waals surface area contributed by atoms with Gasteiger partial charge in [0.15, 0.2) is 0 Å². The minimum Gasteiger partial charge on any atom is -0.354 e. The van der Waals surface area contributed by atoms with Gasteiger partial charge in [-0.3, -0.25) is 13.9 Å². The van der Waals surface area contributed by atoms with E-state index < -0.39 is 46.1 Å². The Bertz CT molecular complexity index is 1340. The molecule has 0 spiro atoms. The fourth-order valence-corrected chi connectivity index (χ4v) is 5.12. The maximum atomic E-state index is 14.8. The number of para-hydroxylation sites is 1. The average molecular weight is 530 g/mol. The molecule has 0 saturated carbocycles. The Hall–Kier alpha value is -3.79. The summed E-state index contributed by atoms with van der Waals surface area (Å²) in [4.78, 5) is 27.4. The molecule has 196 valence electrons. The summed E-state index contributed by atoms with van der Waals surface area (Å²) in [5, 5.41) is 2.70. The minimum absolute atomic E-state index is 0.138. The van der Waals surface area contributed by atoms with Crippen LogP contribution in [0.5, 0.6) is 0 Å². The number of anilines is 1. The van der Waals surface area contributed by atoms with Crippen molar-refractivity contribution in [3.05, 3.63) is 96.1 Å². The molecule has 0 aliphatic rings. The van der Waals surface area contributed by atoms with Crippen molar-refractivity contribution >= 4 is 27.5 Å². The lowest BCUT2D eigenvalue weighted by atomic mass is 10.1. The summed E-state index contributed by atoms with van der Waals surface area (Å²) in [7, 11) is -4.38. The first kappa shape index (κ1) is 27.8. The van der Waals surface area contributed by atoms with Crippen molar-refractivity contribution in [1.82, 2.24) is 10.2 Å². The third kappa shape index (κ3) is 6.71. The van der Waals surface area contributed by atoms with Crippen LogP contribution in [0.4, 0.5) is 14.5 Å². The molecule has 0 radical (unpaired) electrons. The Morgan fingerprint density at radius 3 is 2.11 bits per heavy atom. The van der Waals surface area contributed by atoms with Crippen LogP contribution < -0.4 is 9.62 Å². The van der Waals surface area contributed by atoms with Gasteiger partial charge in [0.2, 0.25) is 11.8 Å². The lowest BCUT2D eigenvalue weighted by Crippen LogP contribution is -2.51. The van der Waals surface area contributed by atoms with Crippen molar-refractivity contribution in [2.75, 3.05) is 17.4 Å². The molecule has 0 aromatic heterocycles. The molecule has 1 N–H and O–H groups in total. The molecule has 37 heavy (non-hydrogen) atoms. The Morgan fingerprint density at radius 1 is 0.892 bits per heavy atom. The highest BCUT2D eigenvalue weighted by Crippen LogP contribution is 2.27. The Morgan fingerprint density at radius 2 is 1.49 bits per heavy atom. The van der Waals surface area contributed by atoms with Gasteiger partial charge in [0.25, 0.3) is 10.0 Å². The molecule has 0 bridgehead atoms. The molecular weight excluding hydrogens is 500 g/mol. The van der Waals surface area contributed by atoms with E-state index in [-0.39, 0.29) is 22.7 Å². The lowest BCUT2D eigenvalue weighted by molar-refractivity contribution is -0.139. The summed E-state index contributed by atoms with van der Waals surface area (Å²) in [6.45, 7) is 2.62. The van der Waals surface area contributed by atoms with Gasteiger partial charge in [0.1, 0.15) is 24.2 Å². The zero-order valence-electron chi connectivity index (χ0n) is 20.6. The quantitative estimate of drug-likeness (QED) is 0.405. The second kappa shape index (κ2) is 12.4. The van der Waals surface area contributed by atoms with E-state index in [9.17, 15) is 26.8 Å². The van der Waals surface area contributed by atoms with Crippen molar-refractivity contribution < 1.29 is 26.8 Å². The molecular formula is C27H29F2N3O4S. The van der Waals surface area contributed by atoms with Gasteiger partial charge < -0.3 is 10.2 Å². The van der Waals surface area contributed by atoms with E-state index in [0.717, 1.165) is 11.0 Å². The van der Waals surface area contributed by atoms with E-state index in [1.54, 1.807) is 12.1 Å². The highest BCUT2D eigenvalue weighted by Gasteiger charge is 2.33. The first-order chi connectivity index (χ1) is 17.7. The number of nitrogens with one attached hydrogen (secondary N) is 1. The van der Waals surface area contributed by atoms with Gasteiger partial charge in [0, 0.05) is 18.7 Å². The molecule has 1 atom stereocenters. The molecule has 7 nitrogen and oxygen atoms in total. The number of sulfonamides is 1. The number of hydrogen-bond acceptors (Lipinski definition) is 4. The van der Waals surface area contributed by atoms with Crippen LogP contribution in [-0.2, 0) is 26.2 Å². The van der Waals surface area contributed by atoms with E-state index in [2.05, 4.69) is 5.32 Å². The molecule has 3 aromatic rings. The van der Waals surface area contributed by atoms with Crippen LogP contribution in [0.3, 0.4) is 0 Å². The lowest BCUT2D eigenvalue weighted by Gasteiger charge is -2.32. The standard InChI is InChI=1S/C27H29F2N3O4S/c1-3-17-30-27(34)20(2)31(18-21-11-7-8-14-23(21)28)26(33)19-32(25-16-10-9-15-24(25)29)37(35,36)22-12-5-4-6-13-22/h4-16,20H,3,17-19H2,1-2H3,(H,30,34)/t20-/m1/s1. The Labute approximate surface area is 215 Å². The third-order valence-electron chi connectivity index (χ3n) is 5.75. The monoisotopic (exact) mass is 529 g/mol. The number of halogens is 2. The van der Waals surface area contributed by atoms with Crippen molar-refractivity contribution in [2.45, 2.75) is 37.8 Å². The first-order valence-corrected chi connectivity index (χ1v) is 13.2. The number of amides is 2. The minimum atomic E-state index is -4.38. The largest absolute Gasteiger partial charge is 0.354 e. The summed E-state index contributed by atoms with van der Waals surface area (Å²) in [5.74, 6) is -2.70. The van der Waals surface area contributed by atoms with Crippen molar-refractivity contribution in [2.24, 2.45) is 0 Å². The molecule has 0 unspecified atom stereocenters. The second-order valence-corrected chi connectivity index (χ2v) is 10.2. The highest BCUT2D eigenvalue weighted by molar-refractivity contribution is 7.92. The van der Waals surface area contributed by atoms with Crippen LogP contribution in [0, 0.1) is 11.6 Å². The summed E-state index contributed by atoms with van der Waals surface area (Å²) < 4.78 is 57.1. The first-order valence-electron chi connectivity index (χ1n) is 11.8. The number of rotatable bonds is 11. The Kier molecular flexibility index (Phi) is 9.35. The maximum absolute atomic E-state index is 14.8. The molecule has 0 saturated heterocycles. The molecule has 0 fully saturated rings. The molecule has 3 aromatic carbocycles. The summed E-state index contributed by atoms with van der Waals surface area (Å²) in [6, 6.07) is 17.3. The fourth-order valence-electron chi connectivity index (χ4n) is 3.68. The summed E-state index contributed by atoms with van der Waals surface area (Å²) >= 11 is 0. The molecule has 10 heteroatoms. The van der Waals surface area contributed by atoms with Crippen LogP contribution >= 0.6 is 0 Å². The maximum Gasteiger partial charge on any atom is 0.264 e. The predicted molar refractivity (Wildman–Crippen MR) is 137 cm³/mol. The van der Waals surface area contributed by atoms with E-state index >= 15 is 0 Å². The van der Waals surface area contributed by atoms with Crippen molar-refractivity contribution in [1.29, 1.82) is 0 Å². The normalized spacial score (nSPS) is 12.0. The zero-order valence-corrected chi connectivity index (χ0v) is 21.4. The van der Waals surface area contributed by atoms with Crippen molar-refractivity contribution in [3.8, 4) is 0 Å². The second-order valence-electron chi connectivity index (χ2n) is 8.36. The van der Waals surface area contributed by atoms with Gasteiger partial charge in [-0.2, -0.15) is 0 Å². The van der Waals surface area contributed by atoms with E-state index in [1.165, 1.54) is 67.6 Å². The number of carbonyl (C=O) groups excluding carboxylic acids is 2. The molecule has 3 rings (SSSR count). The van der Waals surface area contributed by atoms with Crippen molar-refractivity contribution in [3.63, 3.8) is 0 Å².